The Morgan fingerprint density at radius 3 is 2.63 bits per heavy atom. The second-order valence-corrected chi connectivity index (χ2v) is 13.0. The predicted molar refractivity (Wildman–Crippen MR) is 148 cm³/mol. The van der Waals surface area contributed by atoms with E-state index in [1.54, 1.807) is 13.8 Å². The molecule has 4 fully saturated rings. The van der Waals surface area contributed by atoms with Gasteiger partial charge in [-0.05, 0) is 105 Å². The summed E-state index contributed by atoms with van der Waals surface area (Å²) in [5, 5.41) is 31.2. The second-order valence-electron chi connectivity index (χ2n) is 13.0. The van der Waals surface area contributed by atoms with Crippen molar-refractivity contribution in [3.63, 3.8) is 0 Å². The van der Waals surface area contributed by atoms with E-state index in [2.05, 4.69) is 31.7 Å². The first kappa shape index (κ1) is 29.1. The van der Waals surface area contributed by atoms with E-state index in [-0.39, 0.29) is 10.8 Å². The van der Waals surface area contributed by atoms with Gasteiger partial charge in [-0.25, -0.2) is 4.79 Å². The van der Waals surface area contributed by atoms with Crippen LogP contribution in [0, 0.1) is 22.7 Å². The summed E-state index contributed by atoms with van der Waals surface area (Å²) in [6, 6.07) is 0. The van der Waals surface area contributed by atoms with Crippen molar-refractivity contribution in [2.45, 2.75) is 116 Å². The molecule has 4 rings (SSSR count). The summed E-state index contributed by atoms with van der Waals surface area (Å²) in [6.07, 6.45) is 15.3. The lowest BCUT2D eigenvalue weighted by Crippen LogP contribution is -2.40. The summed E-state index contributed by atoms with van der Waals surface area (Å²) in [6.45, 7) is 12.2. The van der Waals surface area contributed by atoms with Gasteiger partial charge in [-0.3, -0.25) is 0 Å². The summed E-state index contributed by atoms with van der Waals surface area (Å²) in [7, 11) is 0. The second kappa shape index (κ2) is 11.3. The van der Waals surface area contributed by atoms with E-state index in [0.717, 1.165) is 43.3 Å². The molecule has 0 radical (unpaired) electrons. The fraction of sp³-hybridized carbons (Fsp3) is 0.719. The molecule has 6 nitrogen and oxygen atoms in total. The largest absolute Gasteiger partial charge is 0.508 e. The van der Waals surface area contributed by atoms with Crippen molar-refractivity contribution in [1.29, 1.82) is 0 Å². The normalized spacial score (nSPS) is 35.9. The molecule has 0 bridgehead atoms. The molecular formula is C32H48O6. The highest BCUT2D eigenvalue weighted by Crippen LogP contribution is 2.69. The monoisotopic (exact) mass is 528 g/mol. The lowest BCUT2D eigenvalue weighted by Gasteiger charge is -2.45. The zero-order chi connectivity index (χ0) is 27.7. The SMILES string of the molecule is C=C1/C(=C\C=C2/CCC[C@]3(C)[C@@H](C4(/C=C/[C@@H](O)C(C)(C)OC(=O)OCCC)CC4)CC[C@@H]23)C[C@@H](O)C[C@@H]1O. The van der Waals surface area contributed by atoms with Crippen molar-refractivity contribution >= 4 is 6.16 Å². The van der Waals surface area contributed by atoms with E-state index in [0.29, 0.717) is 31.3 Å². The van der Waals surface area contributed by atoms with Crippen LogP contribution >= 0.6 is 0 Å². The number of ether oxygens (including phenoxy) is 2. The molecule has 4 saturated carbocycles. The molecule has 4 aliphatic carbocycles. The quantitative estimate of drug-likeness (QED) is 0.258. The zero-order valence-electron chi connectivity index (χ0n) is 23.7. The van der Waals surface area contributed by atoms with Crippen LogP contribution in [-0.2, 0) is 9.47 Å². The highest BCUT2D eigenvalue weighted by Gasteiger charge is 2.60. The van der Waals surface area contributed by atoms with Crippen molar-refractivity contribution in [2.24, 2.45) is 22.7 Å². The third kappa shape index (κ3) is 5.97. The van der Waals surface area contributed by atoms with Crippen molar-refractivity contribution in [3.8, 4) is 0 Å². The van der Waals surface area contributed by atoms with Crippen LogP contribution in [0.15, 0.2) is 47.6 Å². The fourth-order valence-electron chi connectivity index (χ4n) is 7.43. The van der Waals surface area contributed by atoms with E-state index in [4.69, 9.17) is 9.47 Å². The minimum absolute atomic E-state index is 0.0933. The lowest BCUT2D eigenvalue weighted by atomic mass is 9.60. The van der Waals surface area contributed by atoms with E-state index in [1.807, 2.05) is 13.0 Å². The van der Waals surface area contributed by atoms with Gasteiger partial charge in [0.2, 0.25) is 0 Å². The average Bonchev–Trinajstić information content (AvgIpc) is 3.55. The van der Waals surface area contributed by atoms with Gasteiger partial charge in [0.25, 0.3) is 0 Å². The molecule has 0 spiro atoms. The fourth-order valence-corrected chi connectivity index (χ4v) is 7.43. The van der Waals surface area contributed by atoms with Crippen LogP contribution in [0.25, 0.3) is 0 Å². The molecule has 0 unspecified atom stereocenters. The summed E-state index contributed by atoms with van der Waals surface area (Å²) < 4.78 is 10.5. The van der Waals surface area contributed by atoms with Crippen molar-refractivity contribution in [2.75, 3.05) is 6.61 Å². The Balaban J connectivity index is 1.46. The maximum absolute atomic E-state index is 12.0. The van der Waals surface area contributed by atoms with Gasteiger partial charge in [0.05, 0.1) is 18.8 Å². The molecule has 0 aromatic carbocycles. The Hall–Kier alpha value is -1.89. The van der Waals surface area contributed by atoms with Crippen LogP contribution in [0.1, 0.15) is 91.9 Å². The lowest BCUT2D eigenvalue weighted by molar-refractivity contribution is -0.0668. The third-order valence-electron chi connectivity index (χ3n) is 9.84. The molecule has 212 valence electrons. The Morgan fingerprint density at radius 1 is 1.21 bits per heavy atom. The molecule has 0 aromatic heterocycles. The number of allylic oxidation sites excluding steroid dienone is 4. The summed E-state index contributed by atoms with van der Waals surface area (Å²) in [5.41, 5.74) is 2.41. The van der Waals surface area contributed by atoms with Crippen LogP contribution in [0.2, 0.25) is 0 Å². The van der Waals surface area contributed by atoms with E-state index < -0.39 is 30.1 Å². The number of hydrogen-bond acceptors (Lipinski definition) is 6. The number of carbonyl (C=O) groups is 1. The number of fused-ring (bicyclic) bond motifs is 1. The molecule has 0 aromatic rings. The van der Waals surface area contributed by atoms with Gasteiger partial charge in [0, 0.05) is 6.42 Å². The molecule has 6 heteroatoms. The molecule has 0 aliphatic heterocycles. The molecule has 3 N–H and O–H groups in total. The van der Waals surface area contributed by atoms with Crippen molar-refractivity contribution in [1.82, 2.24) is 0 Å². The van der Waals surface area contributed by atoms with Crippen LogP contribution in [-0.4, -0.2) is 52.0 Å². The van der Waals surface area contributed by atoms with Gasteiger partial charge in [-0.15, -0.1) is 0 Å². The van der Waals surface area contributed by atoms with Crippen LogP contribution in [0.4, 0.5) is 4.79 Å². The molecule has 4 aliphatic rings. The first-order valence-electron chi connectivity index (χ1n) is 14.6. The number of rotatable bonds is 8. The topological polar surface area (TPSA) is 96.2 Å². The minimum atomic E-state index is -1.07. The zero-order valence-corrected chi connectivity index (χ0v) is 23.7. The third-order valence-corrected chi connectivity index (χ3v) is 9.84. The highest BCUT2D eigenvalue weighted by molar-refractivity contribution is 5.60. The summed E-state index contributed by atoms with van der Waals surface area (Å²) in [5.74, 6) is 1.07. The Bertz CT molecular complexity index is 986. The van der Waals surface area contributed by atoms with Gasteiger partial charge in [0.1, 0.15) is 11.7 Å². The van der Waals surface area contributed by atoms with Crippen LogP contribution < -0.4 is 0 Å². The number of hydrogen-bond donors (Lipinski definition) is 3. The molecule has 6 atom stereocenters. The van der Waals surface area contributed by atoms with E-state index in [1.165, 1.54) is 24.8 Å². The first-order chi connectivity index (χ1) is 17.9. The summed E-state index contributed by atoms with van der Waals surface area (Å²) >= 11 is 0. The Labute approximate surface area is 228 Å². The van der Waals surface area contributed by atoms with Crippen molar-refractivity contribution in [3.05, 3.63) is 47.6 Å². The smallest absolute Gasteiger partial charge is 0.434 e. The highest BCUT2D eigenvalue weighted by atomic mass is 16.7. The molecule has 0 saturated heterocycles. The molecule has 0 amide bonds. The van der Waals surface area contributed by atoms with Crippen LogP contribution in [0.3, 0.4) is 0 Å². The Kier molecular flexibility index (Phi) is 8.66. The number of aliphatic hydroxyl groups is 3. The van der Waals surface area contributed by atoms with Crippen molar-refractivity contribution < 1.29 is 29.6 Å². The van der Waals surface area contributed by atoms with Gasteiger partial charge in [0.15, 0.2) is 0 Å². The summed E-state index contributed by atoms with van der Waals surface area (Å²) in [4.78, 5) is 12.0. The van der Waals surface area contributed by atoms with Gasteiger partial charge < -0.3 is 24.8 Å². The minimum Gasteiger partial charge on any atom is -0.434 e. The number of carbonyl (C=O) groups excluding carboxylic acids is 1. The van der Waals surface area contributed by atoms with Gasteiger partial charge in [-0.1, -0.05) is 50.3 Å². The Morgan fingerprint density at radius 2 is 1.95 bits per heavy atom. The van der Waals surface area contributed by atoms with Crippen LogP contribution in [0.5, 0.6) is 0 Å². The van der Waals surface area contributed by atoms with E-state index in [9.17, 15) is 20.1 Å². The standard InChI is InChI=1S/C32H48O6/c1-6-18-37-29(36)38-30(3,4)28(35)13-15-32(16-17-32)27-12-11-25-22(8-7-14-31(25,27)5)9-10-23-19-24(33)20-26(34)21(23)2/h9-10,13,15,24-28,33-35H,2,6-8,11-12,14,16-20H2,1,3-5H3/b15-13+,22-9+,23-10-/t24-,25+,26+,27+,28-,31+/m1/s1. The number of aliphatic hydroxyl groups excluding tert-OH is 3. The first-order valence-corrected chi connectivity index (χ1v) is 14.6. The molecule has 0 heterocycles. The average molecular weight is 529 g/mol. The predicted octanol–water partition coefficient (Wildman–Crippen LogP) is 6.17. The molecule has 38 heavy (non-hydrogen) atoms. The van der Waals surface area contributed by atoms with Gasteiger partial charge >= 0.3 is 6.16 Å². The van der Waals surface area contributed by atoms with E-state index >= 15 is 0 Å². The molecular weight excluding hydrogens is 480 g/mol. The maximum atomic E-state index is 12.0. The maximum Gasteiger partial charge on any atom is 0.508 e. The van der Waals surface area contributed by atoms with Gasteiger partial charge in [-0.2, -0.15) is 0 Å².